The summed E-state index contributed by atoms with van der Waals surface area (Å²) in [4.78, 5) is 2.44. The Labute approximate surface area is 141 Å². The van der Waals surface area contributed by atoms with E-state index in [2.05, 4.69) is 4.90 Å². The lowest BCUT2D eigenvalue weighted by Gasteiger charge is -2.26. The van der Waals surface area contributed by atoms with E-state index in [1.54, 1.807) is 7.11 Å². The average molecular weight is 336 g/mol. The molecule has 0 saturated carbocycles. The van der Waals surface area contributed by atoms with Crippen molar-refractivity contribution in [1.82, 2.24) is 4.90 Å². The first kappa shape index (κ1) is 16.4. The number of morpholine rings is 1. The van der Waals surface area contributed by atoms with Crippen LogP contribution in [0.25, 0.3) is 11.3 Å². The Morgan fingerprint density at radius 1 is 1.17 bits per heavy atom. The summed E-state index contributed by atoms with van der Waals surface area (Å²) < 4.78 is 16.7. The Bertz CT molecular complexity index is 635. The molecule has 0 unspecified atom stereocenters. The van der Waals surface area contributed by atoms with Crippen LogP contribution in [0.1, 0.15) is 12.2 Å². The van der Waals surface area contributed by atoms with E-state index in [-0.39, 0.29) is 0 Å². The minimum Gasteiger partial charge on any atom is -0.496 e. The van der Waals surface area contributed by atoms with Gasteiger partial charge in [0.15, 0.2) is 0 Å². The van der Waals surface area contributed by atoms with Crippen LogP contribution in [0.15, 0.2) is 34.7 Å². The second-order valence-corrected chi connectivity index (χ2v) is 6.10. The molecule has 124 valence electrons. The van der Waals surface area contributed by atoms with Gasteiger partial charge in [-0.1, -0.05) is 11.6 Å². The van der Waals surface area contributed by atoms with Crippen molar-refractivity contribution in [2.24, 2.45) is 0 Å². The molecule has 0 radical (unpaired) electrons. The normalized spacial score (nSPS) is 15.7. The zero-order chi connectivity index (χ0) is 16.1. The second-order valence-electron chi connectivity index (χ2n) is 5.67. The number of methoxy groups -OCH3 is 1. The van der Waals surface area contributed by atoms with Crippen LogP contribution < -0.4 is 4.74 Å². The largest absolute Gasteiger partial charge is 0.496 e. The topological polar surface area (TPSA) is 34.8 Å². The maximum atomic E-state index is 6.09. The van der Waals surface area contributed by atoms with E-state index in [9.17, 15) is 0 Å². The van der Waals surface area contributed by atoms with Crippen LogP contribution in [0.2, 0.25) is 5.02 Å². The molecule has 0 amide bonds. The smallest absolute Gasteiger partial charge is 0.138 e. The minimum atomic E-state index is 0.672. The SMILES string of the molecule is COc1ccc(Cl)cc1-c1ccc(CCCN2CCOCC2)o1. The van der Waals surface area contributed by atoms with Gasteiger partial charge in [0.05, 0.1) is 25.9 Å². The standard InChI is InChI=1S/C18H22ClNO3/c1-21-17-6-4-14(19)13-16(17)18-7-5-15(23-18)3-2-8-20-9-11-22-12-10-20/h4-7,13H,2-3,8-12H2,1H3. The molecule has 1 saturated heterocycles. The Hall–Kier alpha value is -1.49. The molecular weight excluding hydrogens is 314 g/mol. The van der Waals surface area contributed by atoms with E-state index >= 15 is 0 Å². The van der Waals surface area contributed by atoms with Gasteiger partial charge in [-0.3, -0.25) is 4.90 Å². The molecule has 5 heteroatoms. The van der Waals surface area contributed by atoms with E-state index in [0.717, 1.165) is 68.5 Å². The summed E-state index contributed by atoms with van der Waals surface area (Å²) in [5, 5.41) is 0.672. The van der Waals surface area contributed by atoms with E-state index < -0.39 is 0 Å². The molecule has 1 aromatic heterocycles. The van der Waals surface area contributed by atoms with Gasteiger partial charge in [0.2, 0.25) is 0 Å². The number of hydrogen-bond donors (Lipinski definition) is 0. The van der Waals surface area contributed by atoms with E-state index in [1.165, 1.54) is 0 Å². The van der Waals surface area contributed by atoms with Crippen LogP contribution in [0.5, 0.6) is 5.75 Å². The number of aryl methyl sites for hydroxylation is 1. The molecule has 0 spiro atoms. The first-order chi connectivity index (χ1) is 11.3. The van der Waals surface area contributed by atoms with Gasteiger partial charge in [-0.15, -0.1) is 0 Å². The van der Waals surface area contributed by atoms with Gasteiger partial charge in [-0.05, 0) is 43.3 Å². The molecule has 4 nitrogen and oxygen atoms in total. The Morgan fingerprint density at radius 3 is 2.78 bits per heavy atom. The Balaban J connectivity index is 1.60. The number of benzene rings is 1. The molecule has 1 fully saturated rings. The van der Waals surface area contributed by atoms with Crippen LogP contribution in [-0.2, 0) is 11.2 Å². The maximum absolute atomic E-state index is 6.09. The number of hydrogen-bond acceptors (Lipinski definition) is 4. The van der Waals surface area contributed by atoms with Gasteiger partial charge >= 0.3 is 0 Å². The van der Waals surface area contributed by atoms with E-state index in [0.29, 0.717) is 5.02 Å². The summed E-state index contributed by atoms with van der Waals surface area (Å²) >= 11 is 6.09. The summed E-state index contributed by atoms with van der Waals surface area (Å²) in [6.07, 6.45) is 2.01. The highest BCUT2D eigenvalue weighted by molar-refractivity contribution is 6.30. The third-order valence-electron chi connectivity index (χ3n) is 4.09. The maximum Gasteiger partial charge on any atom is 0.138 e. The molecule has 2 heterocycles. The number of ether oxygens (including phenoxy) is 2. The first-order valence-electron chi connectivity index (χ1n) is 7.99. The van der Waals surface area contributed by atoms with Gasteiger partial charge in [-0.2, -0.15) is 0 Å². The quantitative estimate of drug-likeness (QED) is 0.802. The van der Waals surface area contributed by atoms with Gasteiger partial charge in [0, 0.05) is 24.5 Å². The summed E-state index contributed by atoms with van der Waals surface area (Å²) in [7, 11) is 1.65. The molecule has 0 atom stereocenters. The van der Waals surface area contributed by atoms with Crippen molar-refractivity contribution in [3.05, 3.63) is 41.1 Å². The minimum absolute atomic E-state index is 0.672. The summed E-state index contributed by atoms with van der Waals surface area (Å²) in [5.74, 6) is 2.56. The van der Waals surface area contributed by atoms with Crippen molar-refractivity contribution < 1.29 is 13.9 Å². The summed E-state index contributed by atoms with van der Waals surface area (Å²) in [6.45, 7) is 4.84. The Morgan fingerprint density at radius 2 is 2.00 bits per heavy atom. The third-order valence-corrected chi connectivity index (χ3v) is 4.32. The molecule has 0 N–H and O–H groups in total. The highest BCUT2D eigenvalue weighted by Gasteiger charge is 2.13. The number of furan rings is 1. The van der Waals surface area contributed by atoms with E-state index in [4.69, 9.17) is 25.5 Å². The third kappa shape index (κ3) is 4.28. The van der Waals surface area contributed by atoms with Crippen molar-refractivity contribution in [2.75, 3.05) is 40.0 Å². The van der Waals surface area contributed by atoms with Crippen molar-refractivity contribution >= 4 is 11.6 Å². The van der Waals surface area contributed by atoms with Crippen LogP contribution in [0, 0.1) is 0 Å². The highest BCUT2D eigenvalue weighted by atomic mass is 35.5. The first-order valence-corrected chi connectivity index (χ1v) is 8.37. The zero-order valence-corrected chi connectivity index (χ0v) is 14.1. The lowest BCUT2D eigenvalue weighted by atomic mass is 10.1. The average Bonchev–Trinajstić information content (AvgIpc) is 3.04. The van der Waals surface area contributed by atoms with Crippen molar-refractivity contribution in [1.29, 1.82) is 0 Å². The molecule has 0 aliphatic carbocycles. The molecule has 1 aliphatic heterocycles. The fraction of sp³-hybridized carbons (Fsp3) is 0.444. The van der Waals surface area contributed by atoms with Crippen LogP contribution in [0.3, 0.4) is 0 Å². The monoisotopic (exact) mass is 335 g/mol. The molecule has 1 aromatic carbocycles. The molecule has 23 heavy (non-hydrogen) atoms. The molecule has 0 bridgehead atoms. The molecular formula is C18H22ClNO3. The fourth-order valence-corrected chi connectivity index (χ4v) is 3.00. The fourth-order valence-electron chi connectivity index (χ4n) is 2.83. The summed E-state index contributed by atoms with van der Waals surface area (Å²) in [6, 6.07) is 9.57. The second kappa shape index (κ2) is 7.86. The summed E-state index contributed by atoms with van der Waals surface area (Å²) in [5.41, 5.74) is 0.888. The number of rotatable bonds is 6. The lowest BCUT2D eigenvalue weighted by molar-refractivity contribution is 0.0373. The van der Waals surface area contributed by atoms with Crippen LogP contribution in [0.4, 0.5) is 0 Å². The van der Waals surface area contributed by atoms with Crippen molar-refractivity contribution in [3.8, 4) is 17.1 Å². The van der Waals surface area contributed by atoms with Gasteiger partial charge < -0.3 is 13.9 Å². The zero-order valence-electron chi connectivity index (χ0n) is 13.4. The number of halogens is 1. The lowest BCUT2D eigenvalue weighted by Crippen LogP contribution is -2.36. The van der Waals surface area contributed by atoms with Gasteiger partial charge in [-0.25, -0.2) is 0 Å². The van der Waals surface area contributed by atoms with Crippen LogP contribution >= 0.6 is 11.6 Å². The Kier molecular flexibility index (Phi) is 5.60. The van der Waals surface area contributed by atoms with Gasteiger partial charge in [0.1, 0.15) is 17.3 Å². The highest BCUT2D eigenvalue weighted by Crippen LogP contribution is 2.33. The molecule has 3 rings (SSSR count). The van der Waals surface area contributed by atoms with E-state index in [1.807, 2.05) is 30.3 Å². The molecule has 2 aromatic rings. The number of nitrogens with zero attached hydrogens (tertiary/aromatic N) is 1. The predicted octanol–water partition coefficient (Wildman–Crippen LogP) is 3.87. The van der Waals surface area contributed by atoms with Crippen molar-refractivity contribution in [3.63, 3.8) is 0 Å². The van der Waals surface area contributed by atoms with Gasteiger partial charge in [0.25, 0.3) is 0 Å². The molecule has 1 aliphatic rings. The van der Waals surface area contributed by atoms with Crippen LogP contribution in [-0.4, -0.2) is 44.9 Å². The predicted molar refractivity (Wildman–Crippen MR) is 91.3 cm³/mol. The van der Waals surface area contributed by atoms with Crippen molar-refractivity contribution in [2.45, 2.75) is 12.8 Å².